The van der Waals surface area contributed by atoms with Crippen molar-refractivity contribution in [2.45, 2.75) is 10.5 Å². The van der Waals surface area contributed by atoms with Gasteiger partial charge in [-0.1, -0.05) is 123 Å². The van der Waals surface area contributed by atoms with Crippen LogP contribution in [0.1, 0.15) is 12.0 Å². The van der Waals surface area contributed by atoms with Crippen LogP contribution >= 0.6 is 39.0 Å². The van der Waals surface area contributed by atoms with Gasteiger partial charge in [0.2, 0.25) is 0 Å². The predicted octanol–water partition coefficient (Wildman–Crippen LogP) is 6.30. The van der Waals surface area contributed by atoms with E-state index in [1.165, 1.54) is 11.1 Å². The fourth-order valence-electron chi connectivity index (χ4n) is 3.47. The Morgan fingerprint density at radius 3 is 1.58 bits per heavy atom. The van der Waals surface area contributed by atoms with Gasteiger partial charge < -0.3 is 4.57 Å². The monoisotopic (exact) mass is 486 g/mol. The molecule has 4 rings (SSSR count). The van der Waals surface area contributed by atoms with Crippen molar-refractivity contribution in [1.82, 2.24) is 0 Å². The molecule has 0 spiro atoms. The highest BCUT2D eigenvalue weighted by atomic mass is 79.9. The first-order valence-corrected chi connectivity index (χ1v) is 11.7. The third kappa shape index (κ3) is 2.69. The lowest BCUT2D eigenvalue weighted by Crippen LogP contribution is -2.39. The molecule has 1 aliphatic rings. The average molecular weight is 488 g/mol. The van der Waals surface area contributed by atoms with Crippen LogP contribution in [0, 0.1) is 0 Å². The molecule has 0 aromatic heterocycles. The maximum absolute atomic E-state index is 14.6. The maximum atomic E-state index is 14.6. The molecule has 4 heteroatoms. The first-order valence-electron chi connectivity index (χ1n) is 8.42. The summed E-state index contributed by atoms with van der Waals surface area (Å²) in [5, 5.41) is 1.74. The minimum atomic E-state index is -2.94. The summed E-state index contributed by atoms with van der Waals surface area (Å²) >= 11 is 7.68. The van der Waals surface area contributed by atoms with E-state index in [4.69, 9.17) is 0 Å². The first kappa shape index (κ1) is 18.0. The zero-order valence-corrected chi connectivity index (χ0v) is 18.0. The summed E-state index contributed by atoms with van der Waals surface area (Å²) in [4.78, 5) is 0. The summed E-state index contributed by atoms with van der Waals surface area (Å²) in [6, 6.07) is 29.9. The van der Waals surface area contributed by atoms with Gasteiger partial charge in [-0.15, -0.1) is 0 Å². The Balaban J connectivity index is 1.90. The smallest absolute Gasteiger partial charge is 0.164 e. The fraction of sp³-hybridized carbons (Fsp3) is 0.0909. The lowest BCUT2D eigenvalue weighted by atomic mass is 9.91. The Kier molecular flexibility index (Phi) is 4.81. The second-order valence-electron chi connectivity index (χ2n) is 6.38. The Morgan fingerprint density at radius 2 is 1.15 bits per heavy atom. The number of halogens is 2. The average Bonchev–Trinajstić information content (AvgIpc) is 2.72. The van der Waals surface area contributed by atoms with Crippen molar-refractivity contribution < 1.29 is 4.57 Å². The Labute approximate surface area is 170 Å². The molecule has 0 N–H and O–H groups in total. The summed E-state index contributed by atoms with van der Waals surface area (Å²) in [5.74, 6) is 0. The van der Waals surface area contributed by atoms with Gasteiger partial charge in [0.1, 0.15) is 4.07 Å². The highest BCUT2D eigenvalue weighted by molar-refractivity contribution is 9.15. The van der Waals surface area contributed by atoms with Crippen LogP contribution in [0.15, 0.2) is 95.5 Å². The van der Waals surface area contributed by atoms with E-state index in [9.17, 15) is 4.57 Å². The molecule has 0 bridgehead atoms. The van der Waals surface area contributed by atoms with E-state index in [2.05, 4.69) is 44.0 Å². The van der Waals surface area contributed by atoms with Gasteiger partial charge in [-0.3, -0.25) is 0 Å². The first-order chi connectivity index (χ1) is 12.6. The predicted molar refractivity (Wildman–Crippen MR) is 118 cm³/mol. The summed E-state index contributed by atoms with van der Waals surface area (Å²) in [5.41, 5.74) is 2.37. The van der Waals surface area contributed by atoms with Crippen molar-refractivity contribution in [3.05, 3.63) is 101 Å². The van der Waals surface area contributed by atoms with Crippen LogP contribution in [0.5, 0.6) is 0 Å². The van der Waals surface area contributed by atoms with Gasteiger partial charge in [0, 0.05) is 21.5 Å². The highest BCUT2D eigenvalue weighted by Crippen LogP contribution is 2.72. The Hall–Kier alpha value is -1.41. The topological polar surface area (TPSA) is 17.1 Å². The molecule has 3 aromatic rings. The van der Waals surface area contributed by atoms with Crippen molar-refractivity contribution in [2.75, 3.05) is 0 Å². The van der Waals surface area contributed by atoms with E-state index in [1.807, 2.05) is 78.9 Å². The molecule has 3 aromatic carbocycles. The van der Waals surface area contributed by atoms with Crippen molar-refractivity contribution in [3.8, 4) is 0 Å². The number of allylic oxidation sites excluding steroid dienone is 2. The second kappa shape index (κ2) is 6.96. The quantitative estimate of drug-likeness (QED) is 0.311. The van der Waals surface area contributed by atoms with Crippen LogP contribution in [-0.4, -0.2) is 4.07 Å². The molecule has 0 fully saturated rings. The highest BCUT2D eigenvalue weighted by Gasteiger charge is 2.56. The van der Waals surface area contributed by atoms with E-state index in [-0.39, 0.29) is 0 Å². The largest absolute Gasteiger partial charge is 0.312 e. The van der Waals surface area contributed by atoms with Crippen molar-refractivity contribution in [1.29, 1.82) is 0 Å². The van der Waals surface area contributed by atoms with E-state index in [1.54, 1.807) is 0 Å². The van der Waals surface area contributed by atoms with E-state index in [0.717, 1.165) is 15.1 Å². The summed E-state index contributed by atoms with van der Waals surface area (Å²) in [6.07, 6.45) is 0.707. The van der Waals surface area contributed by atoms with Gasteiger partial charge in [0.15, 0.2) is 7.14 Å². The lowest BCUT2D eigenvalue weighted by Gasteiger charge is -2.45. The van der Waals surface area contributed by atoms with Gasteiger partial charge in [-0.25, -0.2) is 0 Å². The van der Waals surface area contributed by atoms with Crippen LogP contribution in [0.4, 0.5) is 0 Å². The maximum Gasteiger partial charge on any atom is 0.164 e. The molecular formula is C22H17Br2OP. The van der Waals surface area contributed by atoms with Gasteiger partial charge in [-0.05, 0) is 11.1 Å². The summed E-state index contributed by atoms with van der Waals surface area (Å²) in [7, 11) is -2.94. The SMILES string of the molecule is O=P(c1ccccc1)(c1ccccc1)C1(Br)CC(c2ccccc2)=C1Br. The van der Waals surface area contributed by atoms with Crippen LogP contribution in [0.25, 0.3) is 5.57 Å². The summed E-state index contributed by atoms with van der Waals surface area (Å²) < 4.78 is 15.0. The van der Waals surface area contributed by atoms with Crippen LogP contribution in [0.3, 0.4) is 0 Å². The van der Waals surface area contributed by atoms with E-state index >= 15 is 0 Å². The number of hydrogen-bond acceptors (Lipinski definition) is 1. The molecule has 0 saturated carbocycles. The van der Waals surface area contributed by atoms with Crippen LogP contribution in [-0.2, 0) is 4.57 Å². The van der Waals surface area contributed by atoms with Gasteiger partial charge in [-0.2, -0.15) is 0 Å². The molecule has 1 unspecified atom stereocenters. The van der Waals surface area contributed by atoms with Gasteiger partial charge in [0.05, 0.1) is 0 Å². The Bertz CT molecular complexity index is 957. The standard InChI is InChI=1S/C22H17Br2OP/c23-21-20(17-10-4-1-5-11-17)16-22(21,24)26(25,18-12-6-2-7-13-18)19-14-8-3-9-15-19/h1-15H,16H2. The minimum Gasteiger partial charge on any atom is -0.312 e. The minimum absolute atomic E-state index is 0.617. The molecule has 0 heterocycles. The molecule has 1 nitrogen and oxygen atoms in total. The third-order valence-corrected chi connectivity index (χ3v) is 12.5. The number of benzene rings is 3. The number of hydrogen-bond donors (Lipinski definition) is 0. The molecule has 0 amide bonds. The molecule has 130 valence electrons. The fourth-order valence-corrected chi connectivity index (χ4v) is 9.57. The van der Waals surface area contributed by atoms with Crippen LogP contribution < -0.4 is 10.6 Å². The molecule has 0 aliphatic heterocycles. The van der Waals surface area contributed by atoms with Gasteiger partial charge in [0.25, 0.3) is 0 Å². The molecule has 26 heavy (non-hydrogen) atoms. The second-order valence-corrected chi connectivity index (χ2v) is 12.1. The number of rotatable bonds is 4. The third-order valence-electron chi connectivity index (χ3n) is 4.87. The normalized spacial score (nSPS) is 19.9. The molecular weight excluding hydrogens is 471 g/mol. The molecule has 0 radical (unpaired) electrons. The zero-order valence-electron chi connectivity index (χ0n) is 14.0. The molecule has 0 saturated heterocycles. The number of alkyl halides is 1. The molecule has 1 aliphatic carbocycles. The Morgan fingerprint density at radius 1 is 0.731 bits per heavy atom. The van der Waals surface area contributed by atoms with Crippen molar-refractivity contribution in [2.24, 2.45) is 0 Å². The van der Waals surface area contributed by atoms with Crippen LogP contribution in [0.2, 0.25) is 0 Å². The van der Waals surface area contributed by atoms with Crippen molar-refractivity contribution in [3.63, 3.8) is 0 Å². The lowest BCUT2D eigenvalue weighted by molar-refractivity contribution is 0.578. The van der Waals surface area contributed by atoms with E-state index in [0.29, 0.717) is 6.42 Å². The van der Waals surface area contributed by atoms with Gasteiger partial charge >= 0.3 is 0 Å². The van der Waals surface area contributed by atoms with E-state index < -0.39 is 11.2 Å². The zero-order chi connectivity index (χ0) is 18.2. The van der Waals surface area contributed by atoms with Crippen molar-refractivity contribution >= 4 is 55.2 Å². The molecule has 1 atom stereocenters. The summed E-state index contributed by atoms with van der Waals surface area (Å²) in [6.45, 7) is 0.